The highest BCUT2D eigenvalue weighted by Gasteiger charge is 2.21. The molecule has 1 rings (SSSR count). The lowest BCUT2D eigenvalue weighted by Crippen LogP contribution is -2.12. The van der Waals surface area contributed by atoms with Crippen molar-refractivity contribution in [1.82, 2.24) is 0 Å². The minimum absolute atomic E-state index is 0.273. The molecule has 1 heterocycles. The van der Waals surface area contributed by atoms with Gasteiger partial charge in [-0.1, -0.05) is 6.07 Å². The van der Waals surface area contributed by atoms with Crippen molar-refractivity contribution in [3.8, 4) is 0 Å². The van der Waals surface area contributed by atoms with Crippen LogP contribution in [0.2, 0.25) is 0 Å². The topological polar surface area (TPSA) is 55.7 Å². The number of isocyanates is 1. The summed E-state index contributed by atoms with van der Waals surface area (Å²) in [7, 11) is 0. The highest BCUT2D eigenvalue weighted by molar-refractivity contribution is 7.10. The molecule has 74 valence electrons. The number of nitrogens with zero attached hydrogens (tertiary/aromatic N) is 1. The molecule has 0 amide bonds. The van der Waals surface area contributed by atoms with Crippen molar-refractivity contribution < 1.29 is 14.3 Å². The number of carbonyl (C=O) groups is 1. The predicted octanol–water partition coefficient (Wildman–Crippen LogP) is 1.69. The molecule has 14 heavy (non-hydrogen) atoms. The minimum Gasteiger partial charge on any atom is -0.464 e. The van der Waals surface area contributed by atoms with Gasteiger partial charge in [-0.25, -0.2) is 9.59 Å². The van der Waals surface area contributed by atoms with Crippen molar-refractivity contribution in [2.24, 2.45) is 4.99 Å². The van der Waals surface area contributed by atoms with Gasteiger partial charge in [0.05, 0.1) is 6.61 Å². The van der Waals surface area contributed by atoms with E-state index in [4.69, 9.17) is 4.74 Å². The Kier molecular flexibility index (Phi) is 4.04. The smallest absolute Gasteiger partial charge is 0.337 e. The third kappa shape index (κ3) is 2.52. The van der Waals surface area contributed by atoms with Crippen LogP contribution in [-0.2, 0) is 14.3 Å². The van der Waals surface area contributed by atoms with Crippen LogP contribution in [0.25, 0.3) is 0 Å². The third-order valence-corrected chi connectivity index (χ3v) is 2.43. The van der Waals surface area contributed by atoms with E-state index in [-0.39, 0.29) is 6.61 Å². The largest absolute Gasteiger partial charge is 0.464 e. The molecule has 0 aliphatic heterocycles. The van der Waals surface area contributed by atoms with Gasteiger partial charge in [-0.2, -0.15) is 4.99 Å². The van der Waals surface area contributed by atoms with E-state index in [0.29, 0.717) is 4.88 Å². The van der Waals surface area contributed by atoms with Crippen molar-refractivity contribution in [1.29, 1.82) is 0 Å². The van der Waals surface area contributed by atoms with Gasteiger partial charge in [0.15, 0.2) is 6.04 Å². The van der Waals surface area contributed by atoms with Crippen LogP contribution < -0.4 is 0 Å². The first kappa shape index (κ1) is 10.6. The number of carbonyl (C=O) groups excluding carboxylic acids is 2. The molecular formula is C9H9NO3S. The fraction of sp³-hybridized carbons (Fsp3) is 0.333. The molecule has 1 unspecified atom stereocenters. The molecule has 0 N–H and O–H groups in total. The summed E-state index contributed by atoms with van der Waals surface area (Å²) in [6.07, 6.45) is 1.38. The first-order valence-electron chi connectivity index (χ1n) is 4.06. The van der Waals surface area contributed by atoms with Crippen LogP contribution in [0.15, 0.2) is 22.5 Å². The molecule has 0 aliphatic rings. The van der Waals surface area contributed by atoms with Crippen LogP contribution in [0.1, 0.15) is 17.8 Å². The molecule has 1 aromatic rings. The summed E-state index contributed by atoms with van der Waals surface area (Å²) in [5.41, 5.74) is 0. The Morgan fingerprint density at radius 2 is 2.57 bits per heavy atom. The van der Waals surface area contributed by atoms with E-state index in [9.17, 15) is 9.59 Å². The van der Waals surface area contributed by atoms with E-state index in [1.807, 2.05) is 5.38 Å². The van der Waals surface area contributed by atoms with Gasteiger partial charge < -0.3 is 4.74 Å². The van der Waals surface area contributed by atoms with E-state index in [1.165, 1.54) is 17.4 Å². The maximum absolute atomic E-state index is 11.3. The van der Waals surface area contributed by atoms with E-state index in [0.717, 1.165) is 0 Å². The summed E-state index contributed by atoms with van der Waals surface area (Å²) < 4.78 is 4.78. The Hall–Kier alpha value is -1.45. The Morgan fingerprint density at radius 1 is 1.79 bits per heavy atom. The fourth-order valence-electron chi connectivity index (χ4n) is 0.953. The quantitative estimate of drug-likeness (QED) is 0.432. The third-order valence-electron chi connectivity index (χ3n) is 1.50. The van der Waals surface area contributed by atoms with E-state index < -0.39 is 12.0 Å². The maximum atomic E-state index is 11.3. The van der Waals surface area contributed by atoms with Gasteiger partial charge in [-0.3, -0.25) is 0 Å². The van der Waals surface area contributed by atoms with Gasteiger partial charge in [0.1, 0.15) is 0 Å². The number of rotatable bonds is 4. The summed E-state index contributed by atoms with van der Waals surface area (Å²) in [5, 5.41) is 1.81. The predicted molar refractivity (Wildman–Crippen MR) is 51.8 cm³/mol. The van der Waals surface area contributed by atoms with Gasteiger partial charge >= 0.3 is 5.97 Å². The average Bonchev–Trinajstić information content (AvgIpc) is 2.67. The number of esters is 1. The lowest BCUT2D eigenvalue weighted by molar-refractivity contribution is -0.144. The lowest BCUT2D eigenvalue weighted by atomic mass is 10.2. The molecule has 0 aromatic carbocycles. The molecule has 0 fully saturated rings. The normalized spacial score (nSPS) is 11.5. The van der Waals surface area contributed by atoms with Crippen molar-refractivity contribution in [2.45, 2.75) is 13.0 Å². The molecule has 0 radical (unpaired) electrons. The number of aliphatic imine (C=N–C) groups is 1. The van der Waals surface area contributed by atoms with Gasteiger partial charge in [0, 0.05) is 4.88 Å². The Morgan fingerprint density at radius 3 is 3.07 bits per heavy atom. The minimum atomic E-state index is -0.854. The van der Waals surface area contributed by atoms with Crippen LogP contribution in [0.4, 0.5) is 0 Å². The van der Waals surface area contributed by atoms with Crippen molar-refractivity contribution in [2.75, 3.05) is 6.61 Å². The molecule has 1 atom stereocenters. The molecular weight excluding hydrogens is 202 g/mol. The molecule has 1 aromatic heterocycles. The molecule has 0 bridgehead atoms. The first-order valence-corrected chi connectivity index (χ1v) is 4.94. The average molecular weight is 211 g/mol. The number of thiophene rings is 1. The summed E-state index contributed by atoms with van der Waals surface area (Å²) in [6.45, 7) is 1.98. The van der Waals surface area contributed by atoms with E-state index in [2.05, 4.69) is 4.99 Å². The standard InChI is InChI=1S/C9H9NO3S/c1-2-13-9(12)8(10-6-11)7-4-3-5-14-7/h3-5,8H,2H2,1H3. The lowest BCUT2D eigenvalue weighted by Gasteiger charge is -2.06. The SMILES string of the molecule is CCOC(=O)C(N=C=O)c1cccs1. The molecule has 0 aliphatic carbocycles. The van der Waals surface area contributed by atoms with Crippen molar-refractivity contribution in [3.63, 3.8) is 0 Å². The van der Waals surface area contributed by atoms with Gasteiger partial charge in [0.25, 0.3) is 0 Å². The second kappa shape index (κ2) is 5.32. The zero-order chi connectivity index (χ0) is 10.4. The highest BCUT2D eigenvalue weighted by Crippen LogP contribution is 2.23. The summed E-state index contributed by atoms with van der Waals surface area (Å²) in [4.78, 5) is 25.6. The van der Waals surface area contributed by atoms with Gasteiger partial charge in [0.2, 0.25) is 6.08 Å². The molecule has 0 saturated heterocycles. The first-order chi connectivity index (χ1) is 6.79. The molecule has 0 saturated carbocycles. The molecule has 5 heteroatoms. The summed E-state index contributed by atoms with van der Waals surface area (Å²) in [6, 6.07) is 2.66. The Labute approximate surface area is 85.2 Å². The molecule has 4 nitrogen and oxygen atoms in total. The van der Waals surface area contributed by atoms with Crippen molar-refractivity contribution in [3.05, 3.63) is 22.4 Å². The monoisotopic (exact) mass is 211 g/mol. The van der Waals surface area contributed by atoms with Crippen LogP contribution in [0, 0.1) is 0 Å². The second-order valence-electron chi connectivity index (χ2n) is 2.39. The number of hydrogen-bond acceptors (Lipinski definition) is 5. The zero-order valence-electron chi connectivity index (χ0n) is 7.60. The Bertz CT molecular complexity index is 341. The summed E-state index contributed by atoms with van der Waals surface area (Å²) >= 11 is 1.35. The van der Waals surface area contributed by atoms with Crippen LogP contribution in [0.3, 0.4) is 0 Å². The van der Waals surface area contributed by atoms with Crippen molar-refractivity contribution >= 4 is 23.4 Å². The van der Waals surface area contributed by atoms with Gasteiger partial charge in [-0.05, 0) is 18.4 Å². The zero-order valence-corrected chi connectivity index (χ0v) is 8.41. The molecule has 0 spiro atoms. The second-order valence-corrected chi connectivity index (χ2v) is 3.37. The van der Waals surface area contributed by atoms with E-state index >= 15 is 0 Å². The van der Waals surface area contributed by atoms with Crippen LogP contribution in [-0.4, -0.2) is 18.7 Å². The maximum Gasteiger partial charge on any atom is 0.337 e. The fourth-order valence-corrected chi connectivity index (χ4v) is 1.70. The Balaban J connectivity index is 2.85. The number of hydrogen-bond donors (Lipinski definition) is 0. The van der Waals surface area contributed by atoms with Gasteiger partial charge in [-0.15, -0.1) is 11.3 Å². The number of ether oxygens (including phenoxy) is 1. The van der Waals surface area contributed by atoms with Crippen LogP contribution >= 0.6 is 11.3 Å². The highest BCUT2D eigenvalue weighted by atomic mass is 32.1. The van der Waals surface area contributed by atoms with Crippen LogP contribution in [0.5, 0.6) is 0 Å². The van der Waals surface area contributed by atoms with E-state index in [1.54, 1.807) is 19.1 Å². The summed E-state index contributed by atoms with van der Waals surface area (Å²) in [5.74, 6) is -0.515.